The van der Waals surface area contributed by atoms with Crippen LogP contribution in [-0.2, 0) is 24.6 Å². The zero-order valence-corrected chi connectivity index (χ0v) is 13.5. The number of hydrogen-bond acceptors (Lipinski definition) is 5. The molecule has 0 spiro atoms. The Hall–Kier alpha value is -2.05. The van der Waals surface area contributed by atoms with Crippen molar-refractivity contribution in [2.24, 2.45) is 7.05 Å². The van der Waals surface area contributed by atoms with Crippen LogP contribution in [0.5, 0.6) is 0 Å². The highest BCUT2D eigenvalue weighted by Crippen LogP contribution is 2.24. The Bertz CT molecular complexity index is 736. The lowest BCUT2D eigenvalue weighted by Crippen LogP contribution is -2.00. The third kappa shape index (κ3) is 3.40. The van der Waals surface area contributed by atoms with E-state index < -0.39 is 0 Å². The molecule has 1 aromatic carbocycles. The molecule has 3 rings (SSSR count). The molecule has 0 aliphatic rings. The summed E-state index contributed by atoms with van der Waals surface area (Å²) in [5.74, 6) is 1.74. The van der Waals surface area contributed by atoms with Gasteiger partial charge in [-0.3, -0.25) is 4.68 Å². The smallest absolute Gasteiger partial charge is 0.153 e. The summed E-state index contributed by atoms with van der Waals surface area (Å²) in [6.07, 6.45) is 1.43. The van der Waals surface area contributed by atoms with Crippen molar-refractivity contribution in [3.8, 4) is 10.6 Å². The quantitative estimate of drug-likeness (QED) is 0.702. The van der Waals surface area contributed by atoms with Crippen molar-refractivity contribution in [2.45, 2.75) is 12.8 Å². The van der Waals surface area contributed by atoms with E-state index in [0.717, 1.165) is 34.3 Å². The molecule has 2 aromatic heterocycles. The van der Waals surface area contributed by atoms with E-state index in [2.05, 4.69) is 27.6 Å². The lowest BCUT2D eigenvalue weighted by Gasteiger charge is -1.97. The summed E-state index contributed by atoms with van der Waals surface area (Å²) in [4.78, 5) is 9.26. The third-order valence-corrected chi connectivity index (χ3v) is 4.28. The summed E-state index contributed by atoms with van der Waals surface area (Å²) in [7, 11) is 3.60. The molecule has 0 radical (unpaired) electrons. The summed E-state index contributed by atoms with van der Waals surface area (Å²) < 4.78 is 6.89. The van der Waals surface area contributed by atoms with Crippen LogP contribution in [0.1, 0.15) is 17.3 Å². The molecule has 0 N–H and O–H groups in total. The fourth-order valence-electron chi connectivity index (χ4n) is 2.19. The number of rotatable bonds is 6. The number of thiazole rings is 1. The summed E-state index contributed by atoms with van der Waals surface area (Å²) >= 11 is 1.66. The molecule has 3 aromatic rings. The second-order valence-corrected chi connectivity index (χ2v) is 5.86. The van der Waals surface area contributed by atoms with Crippen molar-refractivity contribution in [1.82, 2.24) is 19.7 Å². The Morgan fingerprint density at radius 3 is 2.77 bits per heavy atom. The molecule has 6 heteroatoms. The van der Waals surface area contributed by atoms with Gasteiger partial charge in [-0.05, 0) is 0 Å². The fourth-order valence-corrected chi connectivity index (χ4v) is 3.02. The number of hydrogen-bond donors (Lipinski definition) is 0. The molecule has 0 saturated carbocycles. The topological polar surface area (TPSA) is 52.8 Å². The lowest BCUT2D eigenvalue weighted by atomic mass is 10.2. The SMILES string of the molecule is COCCc1nc(Cc2csc(-c3ccccc3)n2)n(C)n1. The molecule has 0 aliphatic heterocycles. The molecule has 0 saturated heterocycles. The first-order valence-electron chi connectivity index (χ1n) is 7.14. The van der Waals surface area contributed by atoms with Gasteiger partial charge in [0.1, 0.15) is 10.8 Å². The van der Waals surface area contributed by atoms with Gasteiger partial charge >= 0.3 is 0 Å². The molecule has 114 valence electrons. The molecule has 2 heterocycles. The number of aryl methyl sites for hydroxylation is 1. The van der Waals surface area contributed by atoms with Crippen molar-refractivity contribution in [3.05, 3.63) is 53.1 Å². The van der Waals surface area contributed by atoms with Gasteiger partial charge in [-0.2, -0.15) is 5.10 Å². The fraction of sp³-hybridized carbons (Fsp3) is 0.312. The van der Waals surface area contributed by atoms with Gasteiger partial charge in [-0.1, -0.05) is 30.3 Å². The average molecular weight is 314 g/mol. The van der Waals surface area contributed by atoms with Gasteiger partial charge in [0.05, 0.1) is 18.7 Å². The van der Waals surface area contributed by atoms with Gasteiger partial charge in [0.2, 0.25) is 0 Å². The maximum absolute atomic E-state index is 5.07. The minimum absolute atomic E-state index is 0.637. The Kier molecular flexibility index (Phi) is 4.60. The number of aromatic nitrogens is 4. The van der Waals surface area contributed by atoms with Gasteiger partial charge in [0, 0.05) is 31.5 Å². The van der Waals surface area contributed by atoms with Gasteiger partial charge in [0.15, 0.2) is 5.82 Å². The number of benzene rings is 1. The van der Waals surface area contributed by atoms with Gasteiger partial charge in [0.25, 0.3) is 0 Å². The standard InChI is InChI=1S/C16H18N4OS/c1-20-15(18-14(19-20)8-9-21-2)10-13-11-22-16(17-13)12-6-4-3-5-7-12/h3-7,11H,8-10H2,1-2H3. The van der Waals surface area contributed by atoms with Crippen LogP contribution in [0.2, 0.25) is 0 Å². The zero-order valence-electron chi connectivity index (χ0n) is 12.7. The van der Waals surface area contributed by atoms with E-state index in [1.165, 1.54) is 0 Å². The first kappa shape index (κ1) is 14.9. The van der Waals surface area contributed by atoms with E-state index in [-0.39, 0.29) is 0 Å². The second-order valence-electron chi connectivity index (χ2n) is 5.00. The molecule has 0 amide bonds. The highest BCUT2D eigenvalue weighted by atomic mass is 32.1. The molecular formula is C16H18N4OS. The van der Waals surface area contributed by atoms with Gasteiger partial charge in [-0.15, -0.1) is 11.3 Å². The van der Waals surface area contributed by atoms with Gasteiger partial charge < -0.3 is 4.74 Å². The van der Waals surface area contributed by atoms with E-state index in [9.17, 15) is 0 Å². The van der Waals surface area contributed by atoms with Crippen molar-refractivity contribution in [3.63, 3.8) is 0 Å². The van der Waals surface area contributed by atoms with Crippen LogP contribution in [-0.4, -0.2) is 33.5 Å². The highest BCUT2D eigenvalue weighted by Gasteiger charge is 2.11. The van der Waals surface area contributed by atoms with E-state index in [0.29, 0.717) is 13.0 Å². The predicted molar refractivity (Wildman–Crippen MR) is 86.9 cm³/mol. The molecule has 0 fully saturated rings. The largest absolute Gasteiger partial charge is 0.384 e. The minimum Gasteiger partial charge on any atom is -0.384 e. The summed E-state index contributed by atoms with van der Waals surface area (Å²) in [5, 5.41) is 7.54. The first-order chi connectivity index (χ1) is 10.8. The van der Waals surface area contributed by atoms with Crippen LogP contribution in [0.4, 0.5) is 0 Å². The third-order valence-electron chi connectivity index (χ3n) is 3.34. The molecule has 0 atom stereocenters. The van der Waals surface area contributed by atoms with E-state index in [1.807, 2.05) is 29.9 Å². The molecule has 5 nitrogen and oxygen atoms in total. The molecule has 22 heavy (non-hydrogen) atoms. The Labute approximate surface area is 133 Å². The van der Waals surface area contributed by atoms with E-state index in [4.69, 9.17) is 9.72 Å². The van der Waals surface area contributed by atoms with Crippen LogP contribution in [0.3, 0.4) is 0 Å². The van der Waals surface area contributed by atoms with Crippen LogP contribution < -0.4 is 0 Å². The van der Waals surface area contributed by atoms with Crippen LogP contribution in [0.15, 0.2) is 35.7 Å². The monoisotopic (exact) mass is 314 g/mol. The lowest BCUT2D eigenvalue weighted by molar-refractivity contribution is 0.200. The molecule has 0 bridgehead atoms. The molecular weight excluding hydrogens is 296 g/mol. The van der Waals surface area contributed by atoms with Crippen molar-refractivity contribution < 1.29 is 4.74 Å². The maximum Gasteiger partial charge on any atom is 0.153 e. The van der Waals surface area contributed by atoms with Crippen molar-refractivity contribution in [1.29, 1.82) is 0 Å². The highest BCUT2D eigenvalue weighted by molar-refractivity contribution is 7.13. The number of nitrogens with zero attached hydrogens (tertiary/aromatic N) is 4. The average Bonchev–Trinajstić information content (AvgIpc) is 3.14. The first-order valence-corrected chi connectivity index (χ1v) is 8.02. The summed E-state index contributed by atoms with van der Waals surface area (Å²) in [5.41, 5.74) is 2.18. The van der Waals surface area contributed by atoms with Crippen molar-refractivity contribution >= 4 is 11.3 Å². The second kappa shape index (κ2) is 6.81. The summed E-state index contributed by atoms with van der Waals surface area (Å²) in [6, 6.07) is 10.2. The van der Waals surface area contributed by atoms with Crippen LogP contribution in [0.25, 0.3) is 10.6 Å². The Morgan fingerprint density at radius 2 is 2.00 bits per heavy atom. The van der Waals surface area contributed by atoms with E-state index in [1.54, 1.807) is 18.4 Å². The summed E-state index contributed by atoms with van der Waals surface area (Å²) in [6.45, 7) is 0.637. The van der Waals surface area contributed by atoms with E-state index >= 15 is 0 Å². The number of ether oxygens (including phenoxy) is 1. The number of methoxy groups -OCH3 is 1. The molecule has 0 unspecified atom stereocenters. The zero-order chi connectivity index (χ0) is 15.4. The predicted octanol–water partition coefficient (Wildman–Crippen LogP) is 2.72. The minimum atomic E-state index is 0.637. The van der Waals surface area contributed by atoms with Gasteiger partial charge in [-0.25, -0.2) is 9.97 Å². The van der Waals surface area contributed by atoms with Crippen molar-refractivity contribution in [2.75, 3.05) is 13.7 Å². The normalized spacial score (nSPS) is 11.0. The molecule has 0 aliphatic carbocycles. The Balaban J connectivity index is 1.74. The van der Waals surface area contributed by atoms with Crippen LogP contribution in [0, 0.1) is 0 Å². The maximum atomic E-state index is 5.07. The van der Waals surface area contributed by atoms with Crippen LogP contribution >= 0.6 is 11.3 Å². The Morgan fingerprint density at radius 1 is 1.18 bits per heavy atom.